The van der Waals surface area contributed by atoms with Crippen LogP contribution in [-0.2, 0) is 11.3 Å². The summed E-state index contributed by atoms with van der Waals surface area (Å²) in [5, 5.41) is 3.93. The molecule has 1 fully saturated rings. The lowest BCUT2D eigenvalue weighted by Gasteiger charge is -2.32. The van der Waals surface area contributed by atoms with E-state index in [1.807, 2.05) is 45.9 Å². The Morgan fingerprint density at radius 2 is 1.86 bits per heavy atom. The van der Waals surface area contributed by atoms with Crippen molar-refractivity contribution in [1.29, 1.82) is 0 Å². The largest absolute Gasteiger partial charge is 0.444 e. The Morgan fingerprint density at radius 3 is 2.54 bits per heavy atom. The average Bonchev–Trinajstić information content (AvgIpc) is 2.60. The highest BCUT2D eigenvalue weighted by Crippen LogP contribution is 2.14. The predicted molar refractivity (Wildman–Crippen MR) is 110 cm³/mol. The van der Waals surface area contributed by atoms with Crippen LogP contribution in [0.1, 0.15) is 39.3 Å². The number of pyridine rings is 2. The Balaban J connectivity index is 1.54. The van der Waals surface area contributed by atoms with Crippen molar-refractivity contribution in [2.24, 2.45) is 0 Å². The number of likely N-dealkylation sites (tertiary alicyclic amines) is 1. The lowest BCUT2D eigenvalue weighted by atomic mass is 10.1. The highest BCUT2D eigenvalue weighted by molar-refractivity contribution is 5.75. The number of nitrogens with zero attached hydrogens (tertiary/aromatic N) is 3. The fraction of sp³-hybridized carbons (Fsp3) is 0.571. The molecule has 0 bridgehead atoms. The fourth-order valence-corrected chi connectivity index (χ4v) is 3.49. The number of rotatable bonds is 4. The van der Waals surface area contributed by atoms with Gasteiger partial charge in [0.15, 0.2) is 0 Å². The molecular formula is C21H30N4O3. The van der Waals surface area contributed by atoms with Gasteiger partial charge in [0.2, 0.25) is 0 Å². The van der Waals surface area contributed by atoms with E-state index in [1.165, 1.54) is 0 Å². The summed E-state index contributed by atoms with van der Waals surface area (Å²) in [5.41, 5.74) is 1.14. The van der Waals surface area contributed by atoms with Crippen LogP contribution in [0.3, 0.4) is 0 Å². The molecule has 1 aliphatic rings. The maximum Gasteiger partial charge on any atom is 0.407 e. The van der Waals surface area contributed by atoms with Crippen LogP contribution in [0, 0.1) is 6.92 Å². The maximum absolute atomic E-state index is 12.3. The third-order valence-corrected chi connectivity index (χ3v) is 4.92. The minimum absolute atomic E-state index is 0.0212. The molecule has 7 nitrogen and oxygen atoms in total. The van der Waals surface area contributed by atoms with Gasteiger partial charge in [0.25, 0.3) is 5.56 Å². The van der Waals surface area contributed by atoms with Crippen LogP contribution in [0.5, 0.6) is 0 Å². The summed E-state index contributed by atoms with van der Waals surface area (Å²) in [6.07, 6.45) is 1.40. The Hall–Kier alpha value is -2.41. The Morgan fingerprint density at radius 1 is 1.18 bits per heavy atom. The first-order valence-corrected chi connectivity index (χ1v) is 9.90. The maximum atomic E-state index is 12.3. The molecule has 152 valence electrons. The first-order chi connectivity index (χ1) is 13.2. The van der Waals surface area contributed by atoms with E-state index in [4.69, 9.17) is 4.74 Å². The van der Waals surface area contributed by atoms with Crippen LogP contribution in [0.15, 0.2) is 29.1 Å². The topological polar surface area (TPSA) is 76.5 Å². The number of nitrogens with one attached hydrogen (secondary N) is 1. The molecule has 1 saturated heterocycles. The number of hydrogen-bond acceptors (Lipinski definition) is 5. The zero-order valence-electron chi connectivity index (χ0n) is 17.2. The number of carbonyl (C=O) groups excluding carboxylic acids is 1. The van der Waals surface area contributed by atoms with E-state index in [2.05, 4.69) is 15.2 Å². The molecule has 1 amide bonds. The van der Waals surface area contributed by atoms with E-state index in [9.17, 15) is 9.59 Å². The highest BCUT2D eigenvalue weighted by atomic mass is 16.6. The van der Waals surface area contributed by atoms with Gasteiger partial charge in [-0.1, -0.05) is 0 Å². The zero-order valence-corrected chi connectivity index (χ0v) is 17.2. The lowest BCUT2D eigenvalue weighted by Crippen LogP contribution is -2.46. The molecule has 3 rings (SSSR count). The van der Waals surface area contributed by atoms with Crippen LogP contribution in [0.25, 0.3) is 11.0 Å². The monoisotopic (exact) mass is 386 g/mol. The van der Waals surface area contributed by atoms with Crippen molar-refractivity contribution in [2.75, 3.05) is 19.6 Å². The Kier molecular flexibility index (Phi) is 6.03. The second-order valence-corrected chi connectivity index (χ2v) is 8.45. The summed E-state index contributed by atoms with van der Waals surface area (Å²) >= 11 is 0. The van der Waals surface area contributed by atoms with E-state index in [1.54, 1.807) is 10.6 Å². The van der Waals surface area contributed by atoms with Crippen molar-refractivity contribution in [3.63, 3.8) is 0 Å². The number of amides is 1. The molecule has 0 atom stereocenters. The van der Waals surface area contributed by atoms with E-state index in [0.29, 0.717) is 6.54 Å². The SMILES string of the molecule is Cc1ccc2ccc(=O)n(CCN3CCC(NC(=O)OC(C)(C)C)CC3)c2n1. The van der Waals surface area contributed by atoms with Crippen molar-refractivity contribution in [3.05, 3.63) is 40.3 Å². The summed E-state index contributed by atoms with van der Waals surface area (Å²) in [6.45, 7) is 10.7. The van der Waals surface area contributed by atoms with Gasteiger partial charge in [0.05, 0.1) is 0 Å². The fourth-order valence-electron chi connectivity index (χ4n) is 3.49. The number of piperidine rings is 1. The van der Waals surface area contributed by atoms with Gasteiger partial charge in [-0.15, -0.1) is 0 Å². The normalized spacial score (nSPS) is 16.3. The number of alkyl carbamates (subject to hydrolysis) is 1. The van der Waals surface area contributed by atoms with Gasteiger partial charge in [0, 0.05) is 49.4 Å². The molecular weight excluding hydrogens is 356 g/mol. The standard InChI is InChI=1S/C21H30N4O3/c1-15-5-6-16-7-8-18(26)25(19(16)22-15)14-13-24-11-9-17(10-12-24)23-20(27)28-21(2,3)4/h5-8,17H,9-14H2,1-4H3,(H,23,27). The van der Waals surface area contributed by atoms with Gasteiger partial charge in [-0.05, 0) is 58.7 Å². The van der Waals surface area contributed by atoms with Crippen molar-refractivity contribution >= 4 is 17.1 Å². The number of aromatic nitrogens is 2. The third-order valence-electron chi connectivity index (χ3n) is 4.92. The number of carbonyl (C=O) groups is 1. The molecule has 0 radical (unpaired) electrons. The van der Waals surface area contributed by atoms with Crippen molar-refractivity contribution in [1.82, 2.24) is 19.8 Å². The smallest absolute Gasteiger partial charge is 0.407 e. The molecule has 0 aromatic carbocycles. The van der Waals surface area contributed by atoms with Crippen LogP contribution >= 0.6 is 0 Å². The number of hydrogen-bond donors (Lipinski definition) is 1. The molecule has 2 aromatic rings. The predicted octanol–water partition coefficient (Wildman–Crippen LogP) is 2.69. The molecule has 7 heteroatoms. The van der Waals surface area contributed by atoms with Crippen LogP contribution < -0.4 is 10.9 Å². The average molecular weight is 386 g/mol. The summed E-state index contributed by atoms with van der Waals surface area (Å²) in [5.74, 6) is 0. The molecule has 0 unspecified atom stereocenters. The third kappa shape index (κ3) is 5.32. The van der Waals surface area contributed by atoms with Gasteiger partial charge in [-0.3, -0.25) is 9.36 Å². The van der Waals surface area contributed by atoms with Crippen LogP contribution in [0.2, 0.25) is 0 Å². The number of aryl methyl sites for hydroxylation is 1. The Labute approximate surface area is 165 Å². The summed E-state index contributed by atoms with van der Waals surface area (Å²) in [7, 11) is 0. The number of fused-ring (bicyclic) bond motifs is 1. The van der Waals surface area contributed by atoms with Gasteiger partial charge in [-0.2, -0.15) is 0 Å². The minimum Gasteiger partial charge on any atom is -0.444 e. The highest BCUT2D eigenvalue weighted by Gasteiger charge is 2.23. The second-order valence-electron chi connectivity index (χ2n) is 8.45. The van der Waals surface area contributed by atoms with Gasteiger partial charge in [0.1, 0.15) is 11.2 Å². The van der Waals surface area contributed by atoms with Crippen molar-refractivity contribution < 1.29 is 9.53 Å². The molecule has 0 aliphatic carbocycles. The van der Waals surface area contributed by atoms with Crippen LogP contribution in [0.4, 0.5) is 4.79 Å². The van der Waals surface area contributed by atoms with Crippen LogP contribution in [-0.4, -0.2) is 51.8 Å². The quantitative estimate of drug-likeness (QED) is 0.874. The van der Waals surface area contributed by atoms with Crippen molar-refractivity contribution in [2.45, 2.75) is 58.7 Å². The number of ether oxygens (including phenoxy) is 1. The molecule has 1 aliphatic heterocycles. The van der Waals surface area contributed by atoms with E-state index >= 15 is 0 Å². The van der Waals surface area contributed by atoms with Gasteiger partial charge >= 0.3 is 6.09 Å². The molecule has 0 saturated carbocycles. The molecule has 2 aromatic heterocycles. The lowest BCUT2D eigenvalue weighted by molar-refractivity contribution is 0.0478. The van der Waals surface area contributed by atoms with E-state index in [0.717, 1.165) is 49.2 Å². The first-order valence-electron chi connectivity index (χ1n) is 9.90. The molecule has 28 heavy (non-hydrogen) atoms. The zero-order chi connectivity index (χ0) is 20.3. The van der Waals surface area contributed by atoms with Crippen molar-refractivity contribution in [3.8, 4) is 0 Å². The molecule has 3 heterocycles. The van der Waals surface area contributed by atoms with Gasteiger partial charge < -0.3 is 15.0 Å². The first kappa shape index (κ1) is 20.3. The second kappa shape index (κ2) is 8.31. The molecule has 1 N–H and O–H groups in total. The van der Waals surface area contributed by atoms with Gasteiger partial charge in [-0.25, -0.2) is 9.78 Å². The summed E-state index contributed by atoms with van der Waals surface area (Å²) in [6, 6.07) is 7.53. The molecule has 0 spiro atoms. The summed E-state index contributed by atoms with van der Waals surface area (Å²) in [4.78, 5) is 31.1. The minimum atomic E-state index is -0.483. The van der Waals surface area contributed by atoms with E-state index < -0.39 is 5.60 Å². The van der Waals surface area contributed by atoms with E-state index in [-0.39, 0.29) is 17.7 Å². The Bertz CT molecular complexity index is 893. The summed E-state index contributed by atoms with van der Waals surface area (Å²) < 4.78 is 7.08.